The Hall–Kier alpha value is -3.17. The SMILES string of the molecule is Cc1cccc(-n2nc(-c3ccc(Cl)cc3)cc(C(=O)NC(F)C(O)C(F)F)c2=O)c1. The molecule has 0 fully saturated rings. The summed E-state index contributed by atoms with van der Waals surface area (Å²) in [6.45, 7) is 1.80. The Bertz CT molecular complexity index is 1150. The number of nitrogens with zero attached hydrogens (tertiary/aromatic N) is 2. The normalized spacial score (nSPS) is 13.1. The van der Waals surface area contributed by atoms with Gasteiger partial charge in [-0.2, -0.15) is 9.78 Å². The van der Waals surface area contributed by atoms with Gasteiger partial charge in [0.25, 0.3) is 17.9 Å². The van der Waals surface area contributed by atoms with Gasteiger partial charge in [-0.15, -0.1) is 0 Å². The van der Waals surface area contributed by atoms with Gasteiger partial charge in [0.05, 0.1) is 11.4 Å². The number of amides is 1. The maximum Gasteiger partial charge on any atom is 0.284 e. The quantitative estimate of drug-likeness (QED) is 0.562. The van der Waals surface area contributed by atoms with Crippen LogP contribution in [0.3, 0.4) is 0 Å². The highest BCUT2D eigenvalue weighted by Gasteiger charge is 2.30. The van der Waals surface area contributed by atoms with Crippen LogP contribution in [0.2, 0.25) is 5.02 Å². The molecule has 6 nitrogen and oxygen atoms in total. The number of hydrogen-bond donors (Lipinski definition) is 2. The van der Waals surface area contributed by atoms with E-state index >= 15 is 0 Å². The predicted octanol–water partition coefficient (Wildman–Crippen LogP) is 3.51. The molecule has 1 aromatic heterocycles. The number of carbonyl (C=O) groups is 1. The van der Waals surface area contributed by atoms with E-state index in [2.05, 4.69) is 5.10 Å². The smallest absolute Gasteiger partial charge is 0.284 e. The van der Waals surface area contributed by atoms with Crippen LogP contribution in [0, 0.1) is 6.92 Å². The zero-order chi connectivity index (χ0) is 22.7. The zero-order valence-electron chi connectivity index (χ0n) is 16.1. The van der Waals surface area contributed by atoms with Crippen molar-refractivity contribution in [2.45, 2.75) is 25.7 Å². The van der Waals surface area contributed by atoms with Gasteiger partial charge in [0.15, 0.2) is 6.10 Å². The third-order valence-electron chi connectivity index (χ3n) is 4.37. The van der Waals surface area contributed by atoms with Crippen LogP contribution in [0.1, 0.15) is 15.9 Å². The summed E-state index contributed by atoms with van der Waals surface area (Å²) in [7, 11) is 0. The number of benzene rings is 2. The highest BCUT2D eigenvalue weighted by molar-refractivity contribution is 6.30. The second kappa shape index (κ2) is 9.32. The molecule has 0 aliphatic heterocycles. The van der Waals surface area contributed by atoms with Gasteiger partial charge >= 0.3 is 0 Å². The van der Waals surface area contributed by atoms with Crippen LogP contribution in [0.25, 0.3) is 16.9 Å². The highest BCUT2D eigenvalue weighted by Crippen LogP contribution is 2.21. The van der Waals surface area contributed by atoms with Gasteiger partial charge in [0.1, 0.15) is 5.56 Å². The van der Waals surface area contributed by atoms with Gasteiger partial charge in [-0.3, -0.25) is 9.59 Å². The Kier molecular flexibility index (Phi) is 6.77. The highest BCUT2D eigenvalue weighted by atomic mass is 35.5. The monoisotopic (exact) mass is 451 g/mol. The summed E-state index contributed by atoms with van der Waals surface area (Å²) in [4.78, 5) is 25.5. The summed E-state index contributed by atoms with van der Waals surface area (Å²) in [6.07, 6.45) is -8.92. The van der Waals surface area contributed by atoms with Crippen molar-refractivity contribution in [1.29, 1.82) is 0 Å². The van der Waals surface area contributed by atoms with Crippen molar-refractivity contribution in [3.63, 3.8) is 0 Å². The van der Waals surface area contributed by atoms with E-state index in [-0.39, 0.29) is 5.69 Å². The van der Waals surface area contributed by atoms with Crippen LogP contribution in [0.15, 0.2) is 59.4 Å². The van der Waals surface area contributed by atoms with Crippen molar-refractivity contribution >= 4 is 17.5 Å². The first-order valence-electron chi connectivity index (χ1n) is 9.06. The second-order valence-corrected chi connectivity index (χ2v) is 7.14. The number of aliphatic hydroxyl groups excluding tert-OH is 1. The Labute approximate surface area is 179 Å². The molecular weight excluding hydrogens is 435 g/mol. The number of rotatable bonds is 6. The van der Waals surface area contributed by atoms with Gasteiger partial charge in [0.2, 0.25) is 6.30 Å². The summed E-state index contributed by atoms with van der Waals surface area (Å²) in [5.41, 5.74) is 0.430. The Morgan fingerprint density at radius 3 is 2.42 bits per heavy atom. The van der Waals surface area contributed by atoms with Crippen LogP contribution < -0.4 is 10.9 Å². The van der Waals surface area contributed by atoms with E-state index in [1.54, 1.807) is 60.8 Å². The van der Waals surface area contributed by atoms with Crippen LogP contribution in [0.4, 0.5) is 13.2 Å². The zero-order valence-corrected chi connectivity index (χ0v) is 16.9. The number of carbonyl (C=O) groups excluding carboxylic acids is 1. The molecule has 2 N–H and O–H groups in total. The number of aromatic nitrogens is 2. The van der Waals surface area contributed by atoms with E-state index in [0.717, 1.165) is 16.3 Å². The molecule has 0 aliphatic rings. The predicted molar refractivity (Wildman–Crippen MR) is 109 cm³/mol. The summed E-state index contributed by atoms with van der Waals surface area (Å²) in [5.74, 6) is -1.27. The summed E-state index contributed by atoms with van der Waals surface area (Å²) >= 11 is 5.90. The molecule has 0 radical (unpaired) electrons. The van der Waals surface area contributed by atoms with Crippen molar-refractivity contribution in [3.8, 4) is 16.9 Å². The molecule has 31 heavy (non-hydrogen) atoms. The number of aryl methyl sites for hydroxylation is 1. The van der Waals surface area contributed by atoms with Gasteiger partial charge in [-0.1, -0.05) is 35.9 Å². The van der Waals surface area contributed by atoms with Crippen molar-refractivity contribution in [2.24, 2.45) is 0 Å². The van der Waals surface area contributed by atoms with Crippen molar-refractivity contribution in [3.05, 3.63) is 81.1 Å². The van der Waals surface area contributed by atoms with E-state index in [1.165, 1.54) is 0 Å². The van der Waals surface area contributed by atoms with Crippen LogP contribution in [0.5, 0.6) is 0 Å². The van der Waals surface area contributed by atoms with E-state index in [9.17, 15) is 22.8 Å². The van der Waals surface area contributed by atoms with Crippen LogP contribution in [-0.2, 0) is 0 Å². The van der Waals surface area contributed by atoms with Gasteiger partial charge in [-0.05, 0) is 42.8 Å². The molecule has 2 unspecified atom stereocenters. The first-order chi connectivity index (χ1) is 14.7. The molecule has 0 saturated heterocycles. The first-order valence-corrected chi connectivity index (χ1v) is 9.43. The fourth-order valence-corrected chi connectivity index (χ4v) is 2.90. The molecule has 10 heteroatoms. The molecule has 1 heterocycles. The lowest BCUT2D eigenvalue weighted by atomic mass is 10.1. The number of alkyl halides is 3. The molecule has 0 spiro atoms. The van der Waals surface area contributed by atoms with E-state index in [1.807, 2.05) is 0 Å². The minimum Gasteiger partial charge on any atom is -0.382 e. The molecule has 0 saturated carbocycles. The van der Waals surface area contributed by atoms with Gasteiger partial charge in [0, 0.05) is 10.6 Å². The third kappa shape index (κ3) is 5.12. The maximum atomic E-state index is 13.9. The lowest BCUT2D eigenvalue weighted by Gasteiger charge is -2.17. The molecular formula is C21H17ClF3N3O3. The lowest BCUT2D eigenvalue weighted by molar-refractivity contribution is -0.0551. The number of nitrogens with one attached hydrogen (secondary N) is 1. The number of halogens is 4. The molecule has 3 rings (SSSR count). The average Bonchev–Trinajstić information content (AvgIpc) is 2.73. The summed E-state index contributed by atoms with van der Waals surface area (Å²) in [5, 5.41) is 15.5. The first kappa shape index (κ1) is 22.5. The lowest BCUT2D eigenvalue weighted by Crippen LogP contribution is -2.45. The Balaban J connectivity index is 2.12. The van der Waals surface area contributed by atoms with E-state index in [0.29, 0.717) is 16.3 Å². The Morgan fingerprint density at radius 2 is 1.81 bits per heavy atom. The van der Waals surface area contributed by atoms with Crippen LogP contribution in [-0.4, -0.2) is 39.6 Å². The molecule has 1 amide bonds. The van der Waals surface area contributed by atoms with Crippen molar-refractivity contribution in [2.75, 3.05) is 0 Å². The summed E-state index contributed by atoms with van der Waals surface area (Å²) < 4.78 is 39.9. The molecule has 0 bridgehead atoms. The van der Waals surface area contributed by atoms with Gasteiger partial charge < -0.3 is 10.4 Å². The average molecular weight is 452 g/mol. The maximum absolute atomic E-state index is 13.9. The molecule has 0 aliphatic carbocycles. The molecule has 2 aromatic carbocycles. The number of aliphatic hydroxyl groups is 1. The topological polar surface area (TPSA) is 84.2 Å². The molecule has 3 aromatic rings. The van der Waals surface area contributed by atoms with Crippen molar-refractivity contribution < 1.29 is 23.1 Å². The standard InChI is InChI=1S/C21H17ClF3N3O3/c1-11-3-2-4-14(9-11)28-21(31)15(20(30)26-19(25)17(29)18(23)24)10-16(27-28)12-5-7-13(22)8-6-12/h2-10,17-19,29H,1H3,(H,26,30). The van der Waals surface area contributed by atoms with Gasteiger partial charge in [-0.25, -0.2) is 13.2 Å². The largest absolute Gasteiger partial charge is 0.382 e. The molecule has 2 atom stereocenters. The fourth-order valence-electron chi connectivity index (χ4n) is 2.77. The Morgan fingerprint density at radius 1 is 1.13 bits per heavy atom. The number of hydrogen-bond acceptors (Lipinski definition) is 4. The summed E-state index contributed by atoms with van der Waals surface area (Å²) in [6, 6.07) is 14.2. The minimum absolute atomic E-state index is 0.188. The second-order valence-electron chi connectivity index (χ2n) is 6.71. The van der Waals surface area contributed by atoms with E-state index in [4.69, 9.17) is 16.7 Å². The fraction of sp³-hybridized carbons (Fsp3) is 0.190. The van der Waals surface area contributed by atoms with E-state index < -0.39 is 35.9 Å². The third-order valence-corrected chi connectivity index (χ3v) is 4.62. The minimum atomic E-state index is -3.42. The van der Waals surface area contributed by atoms with Crippen molar-refractivity contribution in [1.82, 2.24) is 15.1 Å². The van der Waals surface area contributed by atoms with Crippen LogP contribution >= 0.6 is 11.6 Å². The molecule has 162 valence electrons.